The highest BCUT2D eigenvalue weighted by atomic mass is 16.5. The number of carbonyl (C=O) groups excluding carboxylic acids is 1. The monoisotopic (exact) mass is 427 g/mol. The summed E-state index contributed by atoms with van der Waals surface area (Å²) in [6.45, 7) is 0.526. The number of methoxy groups -OCH3 is 1. The van der Waals surface area contributed by atoms with Crippen molar-refractivity contribution in [3.05, 3.63) is 96.2 Å². The molecule has 0 aliphatic heterocycles. The van der Waals surface area contributed by atoms with Crippen LogP contribution in [0.5, 0.6) is 5.75 Å². The molecule has 4 aromatic rings. The van der Waals surface area contributed by atoms with Gasteiger partial charge in [-0.2, -0.15) is 0 Å². The second kappa shape index (κ2) is 8.81. The lowest BCUT2D eigenvalue weighted by Crippen LogP contribution is -2.09. The van der Waals surface area contributed by atoms with Gasteiger partial charge in [0.2, 0.25) is 0 Å². The van der Waals surface area contributed by atoms with Crippen molar-refractivity contribution in [2.24, 2.45) is 0 Å². The van der Waals surface area contributed by atoms with Crippen LogP contribution >= 0.6 is 0 Å². The van der Waals surface area contributed by atoms with Gasteiger partial charge < -0.3 is 19.5 Å². The minimum atomic E-state index is -1.63. The Morgan fingerprint density at radius 2 is 1.62 bits per heavy atom. The van der Waals surface area contributed by atoms with Gasteiger partial charge in [-0.25, -0.2) is 4.79 Å². The van der Waals surface area contributed by atoms with Gasteiger partial charge in [0.15, 0.2) is 0 Å². The number of benzene rings is 3. The molecule has 32 heavy (non-hydrogen) atoms. The fourth-order valence-corrected chi connectivity index (χ4v) is 3.63. The molecule has 160 valence electrons. The summed E-state index contributed by atoms with van der Waals surface area (Å²) < 4.78 is 7.23. The molecule has 0 radical (unpaired) electrons. The molecular formula is C26H21NO5. The van der Waals surface area contributed by atoms with Crippen LogP contribution in [0.3, 0.4) is 0 Å². The van der Waals surface area contributed by atoms with E-state index in [4.69, 9.17) is 9.84 Å². The number of hydrogen-bond donors (Lipinski definition) is 2. The number of hydrogen-bond acceptors (Lipinski definition) is 4. The van der Waals surface area contributed by atoms with Crippen molar-refractivity contribution in [1.29, 1.82) is 0 Å². The minimum Gasteiger partial charge on any atom is -0.507 e. The number of ether oxygens (including phenoxy) is 1. The van der Waals surface area contributed by atoms with Gasteiger partial charge in [-0.05, 0) is 34.9 Å². The topological polar surface area (TPSA) is 88.8 Å². The quantitative estimate of drug-likeness (QED) is 0.248. The van der Waals surface area contributed by atoms with Gasteiger partial charge in [0, 0.05) is 35.3 Å². The number of carboxylic acid groups (broad SMARTS) is 1. The van der Waals surface area contributed by atoms with E-state index < -0.39 is 17.5 Å². The molecule has 0 unspecified atom stereocenters. The third kappa shape index (κ3) is 4.25. The molecule has 0 fully saturated rings. The van der Waals surface area contributed by atoms with Crippen LogP contribution in [0.4, 0.5) is 0 Å². The Bertz CT molecular complexity index is 1320. The van der Waals surface area contributed by atoms with Crippen molar-refractivity contribution in [2.45, 2.75) is 6.54 Å². The SMILES string of the molecule is COc1ccc2c(c1)c(C(O)=CC(=O)C(=O)O)cn2Cc1ccc(-c2ccccc2)cc1. The van der Waals surface area contributed by atoms with Crippen molar-refractivity contribution < 1.29 is 24.5 Å². The first kappa shape index (κ1) is 20.9. The van der Waals surface area contributed by atoms with Gasteiger partial charge >= 0.3 is 5.97 Å². The molecule has 0 atom stereocenters. The molecule has 3 aromatic carbocycles. The number of carboxylic acids is 1. The fourth-order valence-electron chi connectivity index (χ4n) is 3.63. The zero-order chi connectivity index (χ0) is 22.7. The lowest BCUT2D eigenvalue weighted by molar-refractivity contribution is -0.146. The minimum absolute atomic E-state index is 0.356. The van der Waals surface area contributed by atoms with Gasteiger partial charge in [-0.1, -0.05) is 54.6 Å². The molecular weight excluding hydrogens is 406 g/mol. The maximum absolute atomic E-state index is 11.6. The second-order valence-corrected chi connectivity index (χ2v) is 7.32. The number of carbonyl (C=O) groups is 2. The smallest absolute Gasteiger partial charge is 0.376 e. The molecule has 0 aliphatic carbocycles. The van der Waals surface area contributed by atoms with Crippen LogP contribution in [0.1, 0.15) is 11.1 Å². The van der Waals surface area contributed by atoms with E-state index in [-0.39, 0.29) is 0 Å². The van der Waals surface area contributed by atoms with Crippen molar-refractivity contribution >= 4 is 28.4 Å². The molecule has 0 spiro atoms. The molecule has 2 N–H and O–H groups in total. The van der Waals surface area contributed by atoms with Gasteiger partial charge in [0.1, 0.15) is 11.5 Å². The average Bonchev–Trinajstić information content (AvgIpc) is 3.17. The Morgan fingerprint density at radius 3 is 2.28 bits per heavy atom. The molecule has 4 rings (SSSR count). The van der Waals surface area contributed by atoms with Gasteiger partial charge in [-0.15, -0.1) is 0 Å². The summed E-state index contributed by atoms with van der Waals surface area (Å²) >= 11 is 0. The Balaban J connectivity index is 1.71. The largest absolute Gasteiger partial charge is 0.507 e. The third-order valence-electron chi connectivity index (χ3n) is 5.26. The van der Waals surface area contributed by atoms with E-state index in [2.05, 4.69) is 24.3 Å². The number of ketones is 1. The van der Waals surface area contributed by atoms with Crippen LogP contribution in [0.15, 0.2) is 85.1 Å². The Hall–Kier alpha value is -4.32. The van der Waals surface area contributed by atoms with E-state index >= 15 is 0 Å². The lowest BCUT2D eigenvalue weighted by atomic mass is 10.0. The Labute approximate surface area is 184 Å². The van der Waals surface area contributed by atoms with Crippen molar-refractivity contribution in [2.75, 3.05) is 7.11 Å². The van der Waals surface area contributed by atoms with E-state index in [0.29, 0.717) is 23.2 Å². The van der Waals surface area contributed by atoms with Gasteiger partial charge in [0.05, 0.1) is 7.11 Å². The number of aliphatic carboxylic acids is 1. The predicted molar refractivity (Wildman–Crippen MR) is 123 cm³/mol. The average molecular weight is 427 g/mol. The summed E-state index contributed by atoms with van der Waals surface area (Å²) in [6, 6.07) is 23.7. The van der Waals surface area contributed by atoms with Crippen LogP contribution in [-0.4, -0.2) is 33.6 Å². The van der Waals surface area contributed by atoms with Crippen molar-refractivity contribution in [3.8, 4) is 16.9 Å². The molecule has 6 nitrogen and oxygen atoms in total. The molecule has 0 aliphatic rings. The first-order valence-corrected chi connectivity index (χ1v) is 9.96. The summed E-state index contributed by atoms with van der Waals surface area (Å²) in [5.74, 6) is -2.64. The van der Waals surface area contributed by atoms with E-state index in [1.807, 2.05) is 47.0 Å². The maximum Gasteiger partial charge on any atom is 0.376 e. The number of nitrogens with zero attached hydrogens (tertiary/aromatic N) is 1. The summed E-state index contributed by atoms with van der Waals surface area (Å²) in [5, 5.41) is 20.0. The molecule has 1 aromatic heterocycles. The lowest BCUT2D eigenvalue weighted by Gasteiger charge is -2.08. The third-order valence-corrected chi connectivity index (χ3v) is 5.26. The first-order valence-electron chi connectivity index (χ1n) is 9.96. The highest BCUT2D eigenvalue weighted by Gasteiger charge is 2.16. The summed E-state index contributed by atoms with van der Waals surface area (Å²) in [6.07, 6.45) is 2.42. The van der Waals surface area contributed by atoms with Crippen LogP contribution in [0.25, 0.3) is 27.8 Å². The summed E-state index contributed by atoms with van der Waals surface area (Å²) in [5.41, 5.74) is 4.47. The standard InChI is InChI=1S/C26H21NO5/c1-32-20-11-12-23-21(13-20)22(24(28)14-25(29)26(30)31)16-27(23)15-17-7-9-19(10-8-17)18-5-3-2-4-6-18/h2-14,16,28H,15H2,1H3,(H,30,31). The first-order chi connectivity index (χ1) is 15.5. The molecule has 0 bridgehead atoms. The Kier molecular flexibility index (Phi) is 5.77. The van der Waals surface area contributed by atoms with Crippen molar-refractivity contribution in [3.63, 3.8) is 0 Å². The van der Waals surface area contributed by atoms with Crippen LogP contribution in [0, 0.1) is 0 Å². The summed E-state index contributed by atoms with van der Waals surface area (Å²) in [7, 11) is 1.54. The number of aliphatic hydroxyl groups is 1. The highest BCUT2D eigenvalue weighted by Crippen LogP contribution is 2.30. The zero-order valence-corrected chi connectivity index (χ0v) is 17.4. The molecule has 1 heterocycles. The number of aromatic nitrogens is 1. The van der Waals surface area contributed by atoms with E-state index in [0.717, 1.165) is 28.3 Å². The maximum atomic E-state index is 11.6. The molecule has 0 saturated carbocycles. The van der Waals surface area contributed by atoms with Crippen LogP contribution in [0.2, 0.25) is 0 Å². The van der Waals surface area contributed by atoms with Crippen molar-refractivity contribution in [1.82, 2.24) is 4.57 Å². The zero-order valence-electron chi connectivity index (χ0n) is 17.4. The molecule has 0 saturated heterocycles. The van der Waals surface area contributed by atoms with Gasteiger partial charge in [-0.3, -0.25) is 4.79 Å². The highest BCUT2D eigenvalue weighted by molar-refractivity contribution is 6.38. The fraction of sp³-hybridized carbons (Fsp3) is 0.0769. The molecule has 0 amide bonds. The Morgan fingerprint density at radius 1 is 0.938 bits per heavy atom. The van der Waals surface area contributed by atoms with Gasteiger partial charge in [0.25, 0.3) is 5.78 Å². The normalized spacial score (nSPS) is 11.5. The number of rotatable bonds is 7. The van der Waals surface area contributed by atoms with E-state index in [1.54, 1.807) is 12.3 Å². The van der Waals surface area contributed by atoms with Crippen LogP contribution < -0.4 is 4.74 Å². The molecule has 6 heteroatoms. The predicted octanol–water partition coefficient (Wildman–Crippen LogP) is 4.92. The van der Waals surface area contributed by atoms with E-state index in [9.17, 15) is 14.7 Å². The van der Waals surface area contributed by atoms with E-state index in [1.165, 1.54) is 7.11 Å². The van der Waals surface area contributed by atoms with Crippen LogP contribution in [-0.2, 0) is 16.1 Å². The summed E-state index contributed by atoms with van der Waals surface area (Å²) in [4.78, 5) is 22.4. The number of fused-ring (bicyclic) bond motifs is 1. The number of aliphatic hydroxyl groups excluding tert-OH is 1. The second-order valence-electron chi connectivity index (χ2n) is 7.32.